The zero-order valence-corrected chi connectivity index (χ0v) is 18.4. The van der Waals surface area contributed by atoms with Gasteiger partial charge in [-0.1, -0.05) is 24.3 Å². The zero-order chi connectivity index (χ0) is 23.4. The van der Waals surface area contributed by atoms with E-state index in [-0.39, 0.29) is 31.5 Å². The summed E-state index contributed by atoms with van der Waals surface area (Å²) in [7, 11) is 0. The van der Waals surface area contributed by atoms with Gasteiger partial charge in [-0.3, -0.25) is 24.5 Å². The molecule has 33 heavy (non-hydrogen) atoms. The highest BCUT2D eigenvalue weighted by atomic mass is 16.7. The minimum Gasteiger partial charge on any atom is -0.457 e. The van der Waals surface area contributed by atoms with Crippen molar-refractivity contribution >= 4 is 17.7 Å². The number of aromatic nitrogens is 1. The second kappa shape index (κ2) is 9.60. The SMILES string of the molecule is Cc1cc(C(=O)COC(=O)CCc2ccc3c(c2)OCO3)c(C)n1NC(=O)c1ccccc1. The number of rotatable bonds is 8. The summed E-state index contributed by atoms with van der Waals surface area (Å²) < 4.78 is 17.4. The van der Waals surface area contributed by atoms with Gasteiger partial charge in [-0.15, -0.1) is 0 Å². The van der Waals surface area contributed by atoms with E-state index >= 15 is 0 Å². The third-order valence-corrected chi connectivity index (χ3v) is 5.40. The second-order valence-electron chi connectivity index (χ2n) is 7.70. The van der Waals surface area contributed by atoms with Gasteiger partial charge >= 0.3 is 5.97 Å². The maximum Gasteiger partial charge on any atom is 0.306 e. The average Bonchev–Trinajstić information content (AvgIpc) is 3.41. The van der Waals surface area contributed by atoms with E-state index in [0.29, 0.717) is 40.4 Å². The molecule has 1 aromatic heterocycles. The molecule has 2 heterocycles. The Morgan fingerprint density at radius 2 is 1.76 bits per heavy atom. The van der Waals surface area contributed by atoms with Crippen molar-refractivity contribution in [2.45, 2.75) is 26.7 Å². The van der Waals surface area contributed by atoms with Crippen LogP contribution in [0.4, 0.5) is 0 Å². The molecule has 3 aromatic rings. The number of Topliss-reactive ketones (excluding diaryl/α,β-unsaturated/α-hetero) is 1. The summed E-state index contributed by atoms with van der Waals surface area (Å²) in [5.74, 6) is 0.258. The molecule has 0 spiro atoms. The first-order valence-corrected chi connectivity index (χ1v) is 10.5. The molecule has 1 N–H and O–H groups in total. The van der Waals surface area contributed by atoms with Gasteiger partial charge in [-0.25, -0.2) is 0 Å². The molecule has 0 atom stereocenters. The number of hydrogen-bond acceptors (Lipinski definition) is 6. The van der Waals surface area contributed by atoms with E-state index in [1.807, 2.05) is 18.2 Å². The molecular weight excluding hydrogens is 424 g/mol. The van der Waals surface area contributed by atoms with Crippen LogP contribution in [0.2, 0.25) is 0 Å². The predicted octanol–water partition coefficient (Wildman–Crippen LogP) is 3.58. The Kier molecular flexibility index (Phi) is 6.44. The summed E-state index contributed by atoms with van der Waals surface area (Å²) in [6.45, 7) is 3.34. The fourth-order valence-electron chi connectivity index (χ4n) is 3.61. The number of aryl methyl sites for hydroxylation is 2. The molecule has 8 nitrogen and oxygen atoms in total. The highest BCUT2D eigenvalue weighted by molar-refractivity contribution is 6.01. The largest absolute Gasteiger partial charge is 0.457 e. The van der Waals surface area contributed by atoms with Crippen molar-refractivity contribution in [3.8, 4) is 11.5 Å². The monoisotopic (exact) mass is 448 g/mol. The van der Waals surface area contributed by atoms with Crippen molar-refractivity contribution in [1.29, 1.82) is 0 Å². The van der Waals surface area contributed by atoms with E-state index in [4.69, 9.17) is 14.2 Å². The number of nitrogens with zero attached hydrogens (tertiary/aromatic N) is 1. The van der Waals surface area contributed by atoms with Gasteiger partial charge in [0.1, 0.15) is 0 Å². The van der Waals surface area contributed by atoms with Crippen LogP contribution in [0.25, 0.3) is 0 Å². The van der Waals surface area contributed by atoms with E-state index < -0.39 is 5.97 Å². The summed E-state index contributed by atoms with van der Waals surface area (Å²) in [5.41, 5.74) is 5.87. The molecule has 1 aliphatic heterocycles. The van der Waals surface area contributed by atoms with Crippen molar-refractivity contribution < 1.29 is 28.6 Å². The van der Waals surface area contributed by atoms with Gasteiger partial charge in [-0.2, -0.15) is 0 Å². The summed E-state index contributed by atoms with van der Waals surface area (Å²) in [4.78, 5) is 37.3. The Balaban J connectivity index is 1.31. The maximum atomic E-state index is 12.7. The first kappa shape index (κ1) is 22.1. The number of ketones is 1. The van der Waals surface area contributed by atoms with E-state index in [1.54, 1.807) is 54.9 Å². The van der Waals surface area contributed by atoms with Crippen LogP contribution >= 0.6 is 0 Å². The first-order chi connectivity index (χ1) is 15.9. The number of fused-ring (bicyclic) bond motifs is 1. The molecule has 0 saturated carbocycles. The zero-order valence-electron chi connectivity index (χ0n) is 18.4. The van der Waals surface area contributed by atoms with E-state index in [9.17, 15) is 14.4 Å². The molecule has 1 amide bonds. The molecular formula is C25H24N2O6. The van der Waals surface area contributed by atoms with Crippen LogP contribution in [0, 0.1) is 13.8 Å². The lowest BCUT2D eigenvalue weighted by molar-refractivity contribution is -0.142. The van der Waals surface area contributed by atoms with Gasteiger partial charge in [0.05, 0.1) is 0 Å². The van der Waals surface area contributed by atoms with Crippen LogP contribution in [0.5, 0.6) is 11.5 Å². The van der Waals surface area contributed by atoms with Crippen LogP contribution in [0.3, 0.4) is 0 Å². The maximum absolute atomic E-state index is 12.7. The Labute approximate surface area is 191 Å². The molecule has 0 fully saturated rings. The molecule has 4 rings (SSSR count). The average molecular weight is 448 g/mol. The molecule has 0 aliphatic carbocycles. The molecule has 170 valence electrons. The summed E-state index contributed by atoms with van der Waals surface area (Å²) >= 11 is 0. The fraction of sp³-hybridized carbons (Fsp3) is 0.240. The molecule has 8 heteroatoms. The van der Waals surface area contributed by atoms with E-state index in [2.05, 4.69) is 5.43 Å². The summed E-state index contributed by atoms with van der Waals surface area (Å²) in [5, 5.41) is 0. The normalized spacial score (nSPS) is 11.8. The first-order valence-electron chi connectivity index (χ1n) is 10.5. The smallest absolute Gasteiger partial charge is 0.306 e. The molecule has 1 aliphatic rings. The minimum absolute atomic E-state index is 0.138. The highest BCUT2D eigenvalue weighted by Crippen LogP contribution is 2.32. The number of carbonyl (C=O) groups is 3. The lowest BCUT2D eigenvalue weighted by atomic mass is 10.1. The van der Waals surface area contributed by atoms with Crippen LogP contribution in [0.15, 0.2) is 54.6 Å². The number of ether oxygens (including phenoxy) is 3. The van der Waals surface area contributed by atoms with Gasteiger partial charge in [0, 0.05) is 28.9 Å². The van der Waals surface area contributed by atoms with Crippen molar-refractivity contribution in [2.75, 3.05) is 18.8 Å². The van der Waals surface area contributed by atoms with Gasteiger partial charge in [0.15, 0.2) is 18.1 Å². The molecule has 2 aromatic carbocycles. The van der Waals surface area contributed by atoms with Gasteiger partial charge in [0.2, 0.25) is 12.6 Å². The highest BCUT2D eigenvalue weighted by Gasteiger charge is 2.19. The molecule has 0 radical (unpaired) electrons. The van der Waals surface area contributed by atoms with Crippen LogP contribution in [-0.2, 0) is 16.0 Å². The molecule has 0 unspecified atom stereocenters. The number of esters is 1. The lowest BCUT2D eigenvalue weighted by Gasteiger charge is -2.11. The Bertz CT molecular complexity index is 1200. The quantitative estimate of drug-likeness (QED) is 0.418. The Morgan fingerprint density at radius 3 is 2.55 bits per heavy atom. The second-order valence-corrected chi connectivity index (χ2v) is 7.70. The minimum atomic E-state index is -0.466. The van der Waals surface area contributed by atoms with Crippen molar-refractivity contribution in [3.63, 3.8) is 0 Å². The van der Waals surface area contributed by atoms with Gasteiger partial charge in [0.25, 0.3) is 5.91 Å². The third kappa shape index (κ3) is 5.06. The van der Waals surface area contributed by atoms with Crippen LogP contribution in [-0.4, -0.2) is 35.7 Å². The number of carbonyl (C=O) groups excluding carboxylic acids is 3. The van der Waals surface area contributed by atoms with Crippen LogP contribution < -0.4 is 14.9 Å². The van der Waals surface area contributed by atoms with Crippen molar-refractivity contribution in [2.24, 2.45) is 0 Å². The number of hydrogen-bond donors (Lipinski definition) is 1. The van der Waals surface area contributed by atoms with Gasteiger partial charge in [-0.05, 0) is 56.2 Å². The standard InChI is InChI=1S/C25H24N2O6/c1-16-12-20(17(2)27(16)26-25(30)19-6-4-3-5-7-19)21(28)14-31-24(29)11-9-18-8-10-22-23(13-18)33-15-32-22/h3-8,10,12-13H,9,11,14-15H2,1-2H3,(H,26,30). The predicted molar refractivity (Wildman–Crippen MR) is 120 cm³/mol. The van der Waals surface area contributed by atoms with E-state index in [1.165, 1.54) is 0 Å². The Hall–Kier alpha value is -4.07. The van der Waals surface area contributed by atoms with Crippen molar-refractivity contribution in [1.82, 2.24) is 4.68 Å². The molecule has 0 bridgehead atoms. The third-order valence-electron chi connectivity index (χ3n) is 5.40. The van der Waals surface area contributed by atoms with Gasteiger partial charge < -0.3 is 14.2 Å². The number of nitrogens with one attached hydrogen (secondary N) is 1. The lowest BCUT2D eigenvalue weighted by Crippen LogP contribution is -2.25. The van der Waals surface area contributed by atoms with Crippen molar-refractivity contribution in [3.05, 3.63) is 82.7 Å². The molecule has 0 saturated heterocycles. The number of amides is 1. The van der Waals surface area contributed by atoms with E-state index in [0.717, 1.165) is 5.56 Å². The van der Waals surface area contributed by atoms with Crippen LogP contribution in [0.1, 0.15) is 44.1 Å². The Morgan fingerprint density at radius 1 is 1.00 bits per heavy atom. The summed E-state index contributed by atoms with van der Waals surface area (Å²) in [6, 6.07) is 16.0. The topological polar surface area (TPSA) is 95.9 Å². The fourth-order valence-corrected chi connectivity index (χ4v) is 3.61. The summed E-state index contributed by atoms with van der Waals surface area (Å²) in [6.07, 6.45) is 0.600. The number of benzene rings is 2.